The predicted octanol–water partition coefficient (Wildman–Crippen LogP) is 3.02. The van der Waals surface area contributed by atoms with Crippen molar-refractivity contribution >= 4 is 5.97 Å². The number of carboxylic acids is 1. The van der Waals surface area contributed by atoms with Gasteiger partial charge in [0.25, 0.3) is 0 Å². The lowest BCUT2D eigenvalue weighted by Gasteiger charge is -2.30. The van der Waals surface area contributed by atoms with Gasteiger partial charge in [-0.25, -0.2) is 0 Å². The summed E-state index contributed by atoms with van der Waals surface area (Å²) in [6.07, 6.45) is -4.42. The Morgan fingerprint density at radius 1 is 1.32 bits per heavy atom. The number of aliphatic carboxylic acids is 1. The second-order valence-corrected chi connectivity index (χ2v) is 4.53. The maximum Gasteiger partial charge on any atom is 0.416 e. The summed E-state index contributed by atoms with van der Waals surface area (Å²) in [4.78, 5) is 11.1. The number of hydrogen-bond donors (Lipinski definition) is 2. The molecule has 0 saturated heterocycles. The van der Waals surface area contributed by atoms with Crippen LogP contribution in [0.1, 0.15) is 31.4 Å². The van der Waals surface area contributed by atoms with Crippen molar-refractivity contribution in [1.82, 2.24) is 0 Å². The van der Waals surface area contributed by atoms with Gasteiger partial charge < -0.3 is 10.2 Å². The van der Waals surface area contributed by atoms with E-state index < -0.39 is 29.2 Å². The third-order valence-electron chi connectivity index (χ3n) is 3.16. The Hall–Kier alpha value is -1.56. The van der Waals surface area contributed by atoms with Crippen molar-refractivity contribution in [3.63, 3.8) is 0 Å². The van der Waals surface area contributed by atoms with Gasteiger partial charge in [-0.05, 0) is 31.0 Å². The van der Waals surface area contributed by atoms with Crippen molar-refractivity contribution in [1.29, 1.82) is 0 Å². The highest BCUT2D eigenvalue weighted by atomic mass is 19.4. The van der Waals surface area contributed by atoms with Gasteiger partial charge in [0, 0.05) is 0 Å². The number of carbonyl (C=O) groups is 1. The third-order valence-corrected chi connectivity index (χ3v) is 3.16. The Bertz CT molecular complexity index is 466. The lowest BCUT2D eigenvalue weighted by molar-refractivity contribution is -0.152. The molecule has 0 heterocycles. The zero-order chi connectivity index (χ0) is 14.8. The maximum atomic E-state index is 12.6. The van der Waals surface area contributed by atoms with Crippen LogP contribution in [0.5, 0.6) is 0 Å². The molecule has 106 valence electrons. The van der Waals surface area contributed by atoms with Crippen LogP contribution in [0, 0.1) is 5.92 Å². The molecule has 0 aromatic heterocycles. The monoisotopic (exact) mass is 276 g/mol. The van der Waals surface area contributed by atoms with E-state index in [1.807, 2.05) is 0 Å². The van der Waals surface area contributed by atoms with Crippen molar-refractivity contribution < 1.29 is 28.2 Å². The fraction of sp³-hybridized carbons (Fsp3) is 0.462. The van der Waals surface area contributed by atoms with Crippen molar-refractivity contribution in [2.75, 3.05) is 0 Å². The summed E-state index contributed by atoms with van der Waals surface area (Å²) in [5, 5.41) is 19.3. The number of hydrogen-bond acceptors (Lipinski definition) is 2. The molecular formula is C13H15F3O3. The van der Waals surface area contributed by atoms with Crippen molar-refractivity contribution in [3.8, 4) is 0 Å². The third kappa shape index (κ3) is 3.26. The average Bonchev–Trinajstić information content (AvgIpc) is 2.28. The summed E-state index contributed by atoms with van der Waals surface area (Å²) >= 11 is 0. The highest BCUT2D eigenvalue weighted by Gasteiger charge is 2.39. The number of rotatable bonds is 4. The second-order valence-electron chi connectivity index (χ2n) is 4.53. The van der Waals surface area contributed by atoms with E-state index in [1.165, 1.54) is 13.0 Å². The van der Waals surface area contributed by atoms with E-state index in [2.05, 4.69) is 0 Å². The van der Waals surface area contributed by atoms with Crippen LogP contribution in [0.3, 0.4) is 0 Å². The molecule has 0 aliphatic carbocycles. The Labute approximate surface area is 108 Å². The number of aliphatic hydroxyl groups is 1. The number of alkyl halides is 3. The van der Waals surface area contributed by atoms with E-state index >= 15 is 0 Å². The lowest BCUT2D eigenvalue weighted by Crippen LogP contribution is -2.37. The molecule has 0 radical (unpaired) electrons. The van der Waals surface area contributed by atoms with E-state index in [1.54, 1.807) is 6.92 Å². The molecule has 2 atom stereocenters. The zero-order valence-corrected chi connectivity index (χ0v) is 10.5. The van der Waals surface area contributed by atoms with Crippen LogP contribution in [0.25, 0.3) is 0 Å². The Balaban J connectivity index is 3.25. The maximum absolute atomic E-state index is 12.6. The van der Waals surface area contributed by atoms with Crippen LogP contribution < -0.4 is 0 Å². The normalized spacial score (nSPS) is 16.7. The van der Waals surface area contributed by atoms with E-state index in [0.717, 1.165) is 18.2 Å². The fourth-order valence-corrected chi connectivity index (χ4v) is 2.02. The van der Waals surface area contributed by atoms with Crippen LogP contribution in [0.4, 0.5) is 13.2 Å². The van der Waals surface area contributed by atoms with Crippen LogP contribution in [0.15, 0.2) is 24.3 Å². The van der Waals surface area contributed by atoms with Crippen molar-refractivity contribution in [3.05, 3.63) is 35.4 Å². The van der Waals surface area contributed by atoms with Gasteiger partial charge in [-0.2, -0.15) is 13.2 Å². The molecular weight excluding hydrogens is 261 g/mol. The smallest absolute Gasteiger partial charge is 0.416 e. The van der Waals surface area contributed by atoms with Gasteiger partial charge in [-0.1, -0.05) is 19.1 Å². The summed E-state index contributed by atoms with van der Waals surface area (Å²) in [5.74, 6) is -2.42. The molecule has 2 N–H and O–H groups in total. The zero-order valence-electron chi connectivity index (χ0n) is 10.5. The highest BCUT2D eigenvalue weighted by molar-refractivity contribution is 5.71. The van der Waals surface area contributed by atoms with E-state index in [0.29, 0.717) is 0 Å². The SMILES string of the molecule is CCC(C(=O)O)C(C)(O)c1cccc(C(F)(F)F)c1. The first kappa shape index (κ1) is 15.5. The summed E-state index contributed by atoms with van der Waals surface area (Å²) in [6, 6.07) is 4.11. The summed E-state index contributed by atoms with van der Waals surface area (Å²) in [5.41, 5.74) is -2.83. The van der Waals surface area contributed by atoms with Crippen molar-refractivity contribution in [2.45, 2.75) is 32.0 Å². The molecule has 0 bridgehead atoms. The molecule has 0 spiro atoms. The molecule has 3 nitrogen and oxygen atoms in total. The minimum atomic E-state index is -4.53. The Kier molecular flexibility index (Phi) is 4.25. The first-order chi connectivity index (χ1) is 8.60. The summed E-state index contributed by atoms with van der Waals surface area (Å²) in [7, 11) is 0. The highest BCUT2D eigenvalue weighted by Crippen LogP contribution is 2.36. The molecule has 6 heteroatoms. The van der Waals surface area contributed by atoms with Crippen LogP contribution >= 0.6 is 0 Å². The number of benzene rings is 1. The molecule has 19 heavy (non-hydrogen) atoms. The molecule has 1 aromatic carbocycles. The Morgan fingerprint density at radius 3 is 2.26 bits per heavy atom. The van der Waals surface area contributed by atoms with Gasteiger partial charge >= 0.3 is 12.1 Å². The molecule has 2 unspecified atom stereocenters. The van der Waals surface area contributed by atoms with Crippen molar-refractivity contribution in [2.24, 2.45) is 5.92 Å². The summed E-state index contributed by atoms with van der Waals surface area (Å²) < 4.78 is 37.8. The van der Waals surface area contributed by atoms with Crippen LogP contribution in [-0.2, 0) is 16.6 Å². The summed E-state index contributed by atoms with van der Waals surface area (Å²) in [6.45, 7) is 2.77. The van der Waals surface area contributed by atoms with Gasteiger partial charge in [0.15, 0.2) is 0 Å². The van der Waals surface area contributed by atoms with Crippen LogP contribution in [0.2, 0.25) is 0 Å². The predicted molar refractivity (Wildman–Crippen MR) is 62.4 cm³/mol. The van der Waals surface area contributed by atoms with Gasteiger partial charge in [0.2, 0.25) is 0 Å². The number of halogens is 3. The topological polar surface area (TPSA) is 57.5 Å². The molecule has 0 aliphatic rings. The first-order valence-corrected chi connectivity index (χ1v) is 5.73. The van der Waals surface area contributed by atoms with E-state index in [9.17, 15) is 23.1 Å². The van der Waals surface area contributed by atoms with Gasteiger partial charge in [0.05, 0.1) is 11.5 Å². The fourth-order valence-electron chi connectivity index (χ4n) is 2.02. The quantitative estimate of drug-likeness (QED) is 0.888. The van der Waals surface area contributed by atoms with Gasteiger partial charge in [-0.15, -0.1) is 0 Å². The van der Waals surface area contributed by atoms with Crippen LogP contribution in [-0.4, -0.2) is 16.2 Å². The second kappa shape index (κ2) is 5.21. The lowest BCUT2D eigenvalue weighted by atomic mass is 9.81. The largest absolute Gasteiger partial charge is 0.481 e. The standard InChI is InChI=1S/C13H15F3O3/c1-3-10(11(17)18)12(2,19)8-5-4-6-9(7-8)13(14,15)16/h4-7,10,19H,3H2,1-2H3,(H,17,18). The first-order valence-electron chi connectivity index (χ1n) is 5.73. The molecule has 0 saturated carbocycles. The minimum absolute atomic E-state index is 0.0587. The van der Waals surface area contributed by atoms with Gasteiger partial charge in [-0.3, -0.25) is 4.79 Å². The Morgan fingerprint density at radius 2 is 1.84 bits per heavy atom. The molecule has 1 rings (SSSR count). The average molecular weight is 276 g/mol. The molecule has 1 aromatic rings. The van der Waals surface area contributed by atoms with E-state index in [4.69, 9.17) is 5.11 Å². The number of carboxylic acid groups (broad SMARTS) is 1. The van der Waals surface area contributed by atoms with E-state index in [-0.39, 0.29) is 12.0 Å². The minimum Gasteiger partial charge on any atom is -0.481 e. The molecule has 0 amide bonds. The molecule has 0 fully saturated rings. The molecule has 0 aliphatic heterocycles. The van der Waals surface area contributed by atoms with Gasteiger partial charge in [0.1, 0.15) is 5.60 Å².